The molecule has 2 heteroatoms. The molecule has 0 heterocycles. The van der Waals surface area contributed by atoms with Crippen LogP contribution in [-0.2, 0) is 6.42 Å². The summed E-state index contributed by atoms with van der Waals surface area (Å²) in [7, 11) is 0. The minimum Gasteiger partial charge on any atom is -0.207 e. The summed E-state index contributed by atoms with van der Waals surface area (Å²) in [5.74, 6) is -0.0478. The van der Waals surface area contributed by atoms with Crippen LogP contribution >= 0.6 is 15.9 Å². The lowest BCUT2D eigenvalue weighted by Crippen LogP contribution is -2.28. The van der Waals surface area contributed by atoms with E-state index in [9.17, 15) is 4.39 Å². The molecule has 16 heavy (non-hydrogen) atoms. The smallest absolute Gasteiger partial charge is 0.126 e. The summed E-state index contributed by atoms with van der Waals surface area (Å²) < 4.78 is 13.6. The lowest BCUT2D eigenvalue weighted by molar-refractivity contribution is 0.221. The van der Waals surface area contributed by atoms with Gasteiger partial charge in [0.1, 0.15) is 5.82 Å². The zero-order valence-electron chi connectivity index (χ0n) is 9.52. The first-order valence-corrected chi connectivity index (χ1v) is 7.17. The molecule has 0 atom stereocenters. The highest BCUT2D eigenvalue weighted by molar-refractivity contribution is 9.09. The first-order valence-electron chi connectivity index (χ1n) is 6.05. The molecule has 0 saturated heterocycles. The topological polar surface area (TPSA) is 0 Å². The van der Waals surface area contributed by atoms with Crippen molar-refractivity contribution in [2.75, 3.05) is 5.33 Å². The van der Waals surface area contributed by atoms with Crippen molar-refractivity contribution in [3.05, 3.63) is 35.6 Å². The molecular weight excluding hydrogens is 267 g/mol. The van der Waals surface area contributed by atoms with Crippen molar-refractivity contribution in [3.8, 4) is 0 Å². The molecule has 1 fully saturated rings. The second kappa shape index (κ2) is 5.31. The van der Waals surface area contributed by atoms with Gasteiger partial charge >= 0.3 is 0 Å². The lowest BCUT2D eigenvalue weighted by Gasteiger charge is -2.36. The van der Waals surface area contributed by atoms with E-state index >= 15 is 0 Å². The lowest BCUT2D eigenvalue weighted by atomic mass is 9.72. The summed E-state index contributed by atoms with van der Waals surface area (Å²) >= 11 is 3.63. The maximum absolute atomic E-state index is 13.6. The molecule has 1 saturated carbocycles. The van der Waals surface area contributed by atoms with Crippen LogP contribution in [0.15, 0.2) is 24.3 Å². The first-order chi connectivity index (χ1) is 7.76. The van der Waals surface area contributed by atoms with E-state index in [2.05, 4.69) is 15.9 Å². The predicted octanol–water partition coefficient (Wildman–Crippen LogP) is 4.71. The fraction of sp³-hybridized carbons (Fsp3) is 0.571. The molecule has 0 nitrogen and oxygen atoms in total. The minimum absolute atomic E-state index is 0.0478. The van der Waals surface area contributed by atoms with E-state index in [1.54, 1.807) is 12.1 Å². The summed E-state index contributed by atoms with van der Waals surface area (Å²) in [4.78, 5) is 0. The van der Waals surface area contributed by atoms with E-state index in [1.807, 2.05) is 12.1 Å². The zero-order valence-corrected chi connectivity index (χ0v) is 11.1. The number of benzene rings is 1. The third kappa shape index (κ3) is 2.65. The largest absolute Gasteiger partial charge is 0.207 e. The standard InChI is InChI=1S/C14H18BrF/c15-11-14(8-4-1-5-9-14)10-12-6-2-3-7-13(12)16/h2-3,6-7H,1,4-5,8-11H2. The van der Waals surface area contributed by atoms with E-state index in [-0.39, 0.29) is 5.82 Å². The quantitative estimate of drug-likeness (QED) is 0.705. The zero-order chi connectivity index (χ0) is 11.4. The molecule has 1 aromatic carbocycles. The van der Waals surface area contributed by atoms with Crippen LogP contribution in [0.4, 0.5) is 4.39 Å². The van der Waals surface area contributed by atoms with Crippen molar-refractivity contribution in [3.63, 3.8) is 0 Å². The molecule has 1 aliphatic rings. The Morgan fingerprint density at radius 1 is 1.12 bits per heavy atom. The SMILES string of the molecule is Fc1ccccc1CC1(CBr)CCCCC1. The fourth-order valence-electron chi connectivity index (χ4n) is 2.71. The molecule has 0 amide bonds. The Labute approximate surface area is 105 Å². The summed E-state index contributed by atoms with van der Waals surface area (Å²) in [5.41, 5.74) is 1.17. The highest BCUT2D eigenvalue weighted by atomic mass is 79.9. The van der Waals surface area contributed by atoms with Crippen molar-refractivity contribution >= 4 is 15.9 Å². The average Bonchev–Trinajstić information content (AvgIpc) is 2.33. The van der Waals surface area contributed by atoms with Gasteiger partial charge in [-0.05, 0) is 36.3 Å². The van der Waals surface area contributed by atoms with Crippen LogP contribution in [0.2, 0.25) is 0 Å². The summed E-state index contributed by atoms with van der Waals surface area (Å²) in [6.45, 7) is 0. The van der Waals surface area contributed by atoms with Crippen LogP contribution in [0, 0.1) is 11.2 Å². The van der Waals surface area contributed by atoms with Crippen LogP contribution < -0.4 is 0 Å². The van der Waals surface area contributed by atoms with Gasteiger partial charge in [-0.3, -0.25) is 0 Å². The van der Waals surface area contributed by atoms with Gasteiger partial charge in [0.05, 0.1) is 0 Å². The van der Waals surface area contributed by atoms with Crippen molar-refractivity contribution < 1.29 is 4.39 Å². The highest BCUT2D eigenvalue weighted by Crippen LogP contribution is 2.40. The molecule has 88 valence electrons. The van der Waals surface area contributed by atoms with Gasteiger partial charge in [0.25, 0.3) is 0 Å². The van der Waals surface area contributed by atoms with Crippen molar-refractivity contribution in [1.29, 1.82) is 0 Å². The Kier molecular flexibility index (Phi) is 4.01. The Hall–Kier alpha value is -0.370. The van der Waals surface area contributed by atoms with E-state index in [0.29, 0.717) is 5.41 Å². The van der Waals surface area contributed by atoms with Gasteiger partial charge in [-0.25, -0.2) is 4.39 Å². The van der Waals surface area contributed by atoms with Gasteiger partial charge < -0.3 is 0 Å². The number of alkyl halides is 1. The molecular formula is C14H18BrF. The second-order valence-electron chi connectivity index (χ2n) is 4.96. The minimum atomic E-state index is -0.0478. The maximum Gasteiger partial charge on any atom is 0.126 e. The Morgan fingerprint density at radius 2 is 1.81 bits per heavy atom. The van der Waals surface area contributed by atoms with E-state index < -0.39 is 0 Å². The van der Waals surface area contributed by atoms with Crippen LogP contribution in [-0.4, -0.2) is 5.33 Å². The molecule has 0 spiro atoms. The van der Waals surface area contributed by atoms with Crippen LogP contribution in [0.5, 0.6) is 0 Å². The number of halogens is 2. The Bertz CT molecular complexity index is 342. The fourth-order valence-corrected chi connectivity index (χ4v) is 3.46. The summed E-state index contributed by atoms with van der Waals surface area (Å²) in [5, 5.41) is 0.994. The molecule has 0 aromatic heterocycles. The van der Waals surface area contributed by atoms with Crippen LogP contribution in [0.3, 0.4) is 0 Å². The Balaban J connectivity index is 2.15. The molecule has 0 unspecified atom stereocenters. The predicted molar refractivity (Wildman–Crippen MR) is 69.4 cm³/mol. The molecule has 0 radical (unpaired) electrons. The van der Waals surface area contributed by atoms with Crippen molar-refractivity contribution in [2.24, 2.45) is 5.41 Å². The van der Waals surface area contributed by atoms with Crippen molar-refractivity contribution in [2.45, 2.75) is 38.5 Å². The Morgan fingerprint density at radius 3 is 2.44 bits per heavy atom. The van der Waals surface area contributed by atoms with Crippen LogP contribution in [0.25, 0.3) is 0 Å². The van der Waals surface area contributed by atoms with Crippen molar-refractivity contribution in [1.82, 2.24) is 0 Å². The number of hydrogen-bond donors (Lipinski definition) is 0. The second-order valence-corrected chi connectivity index (χ2v) is 5.52. The molecule has 0 bridgehead atoms. The molecule has 0 aliphatic heterocycles. The third-order valence-electron chi connectivity index (χ3n) is 3.72. The van der Waals surface area contributed by atoms with E-state index in [0.717, 1.165) is 17.3 Å². The molecule has 1 aliphatic carbocycles. The van der Waals surface area contributed by atoms with Gasteiger partial charge in [-0.2, -0.15) is 0 Å². The maximum atomic E-state index is 13.6. The molecule has 0 N–H and O–H groups in total. The molecule has 2 rings (SSSR count). The normalized spacial score (nSPS) is 19.6. The van der Waals surface area contributed by atoms with Gasteiger partial charge in [-0.15, -0.1) is 0 Å². The van der Waals surface area contributed by atoms with Gasteiger partial charge in [-0.1, -0.05) is 53.4 Å². The van der Waals surface area contributed by atoms with E-state index in [1.165, 1.54) is 32.1 Å². The van der Waals surface area contributed by atoms with E-state index in [4.69, 9.17) is 0 Å². The first kappa shape index (κ1) is 12.1. The molecule has 1 aromatic rings. The summed E-state index contributed by atoms with van der Waals surface area (Å²) in [6.07, 6.45) is 7.26. The third-order valence-corrected chi connectivity index (χ3v) is 4.91. The number of hydrogen-bond acceptors (Lipinski definition) is 0. The highest BCUT2D eigenvalue weighted by Gasteiger charge is 2.31. The van der Waals surface area contributed by atoms with Gasteiger partial charge in [0.2, 0.25) is 0 Å². The van der Waals surface area contributed by atoms with Gasteiger partial charge in [0.15, 0.2) is 0 Å². The van der Waals surface area contributed by atoms with Crippen LogP contribution in [0.1, 0.15) is 37.7 Å². The number of rotatable bonds is 3. The average molecular weight is 285 g/mol. The summed E-state index contributed by atoms with van der Waals surface area (Å²) in [6, 6.07) is 7.19. The monoisotopic (exact) mass is 284 g/mol. The van der Waals surface area contributed by atoms with Gasteiger partial charge in [0, 0.05) is 5.33 Å².